The molecule has 0 aliphatic carbocycles. The quantitative estimate of drug-likeness (QED) is 0.825. The molecule has 0 unspecified atom stereocenters. The van der Waals surface area contributed by atoms with Gasteiger partial charge in [-0.15, -0.1) is 0 Å². The Hall–Kier alpha value is -2.22. The van der Waals surface area contributed by atoms with Crippen molar-refractivity contribution in [1.29, 1.82) is 0 Å². The summed E-state index contributed by atoms with van der Waals surface area (Å²) in [5.41, 5.74) is 5.77. The SMILES string of the molecule is C=C(c1ccc(OC)cc1)c1ccc(N(C)C)cc1C. The fraction of sp³-hybridized carbons (Fsp3) is 0.222. The third kappa shape index (κ3) is 2.85. The van der Waals surface area contributed by atoms with Crippen LogP contribution in [0.5, 0.6) is 5.75 Å². The lowest BCUT2D eigenvalue weighted by molar-refractivity contribution is 0.415. The van der Waals surface area contributed by atoms with Crippen molar-refractivity contribution in [1.82, 2.24) is 0 Å². The molecule has 0 N–H and O–H groups in total. The Morgan fingerprint density at radius 2 is 1.70 bits per heavy atom. The maximum Gasteiger partial charge on any atom is 0.118 e. The van der Waals surface area contributed by atoms with E-state index in [1.807, 2.05) is 38.4 Å². The number of hydrogen-bond donors (Lipinski definition) is 0. The van der Waals surface area contributed by atoms with Crippen LogP contribution in [-0.2, 0) is 0 Å². The zero-order valence-electron chi connectivity index (χ0n) is 12.6. The van der Waals surface area contributed by atoms with E-state index in [0.29, 0.717) is 0 Å². The second-order valence-corrected chi connectivity index (χ2v) is 5.10. The predicted molar refractivity (Wildman–Crippen MR) is 86.6 cm³/mol. The molecule has 0 radical (unpaired) electrons. The van der Waals surface area contributed by atoms with E-state index in [1.165, 1.54) is 16.8 Å². The molecule has 0 atom stereocenters. The van der Waals surface area contributed by atoms with E-state index in [4.69, 9.17) is 4.74 Å². The van der Waals surface area contributed by atoms with Gasteiger partial charge in [-0.2, -0.15) is 0 Å². The average Bonchev–Trinajstić information content (AvgIpc) is 2.46. The minimum Gasteiger partial charge on any atom is -0.497 e. The standard InChI is InChI=1S/C18H21NO/c1-13-12-16(19(3)4)8-11-18(13)14(2)15-6-9-17(20-5)10-7-15/h6-12H,2H2,1,3-5H3. The Morgan fingerprint density at radius 3 is 2.20 bits per heavy atom. The topological polar surface area (TPSA) is 12.5 Å². The molecule has 2 aromatic rings. The molecular formula is C18H21NO. The fourth-order valence-electron chi connectivity index (χ4n) is 2.21. The van der Waals surface area contributed by atoms with Gasteiger partial charge in [0.1, 0.15) is 5.75 Å². The van der Waals surface area contributed by atoms with Gasteiger partial charge in [0.2, 0.25) is 0 Å². The van der Waals surface area contributed by atoms with Crippen molar-refractivity contribution in [3.63, 3.8) is 0 Å². The first-order valence-corrected chi connectivity index (χ1v) is 6.64. The fourth-order valence-corrected chi connectivity index (χ4v) is 2.21. The number of aryl methyl sites for hydroxylation is 1. The third-order valence-electron chi connectivity index (χ3n) is 3.49. The first kappa shape index (κ1) is 14.2. The molecule has 20 heavy (non-hydrogen) atoms. The molecule has 2 heteroatoms. The lowest BCUT2D eigenvalue weighted by atomic mass is 9.95. The smallest absolute Gasteiger partial charge is 0.118 e. The molecule has 0 aliphatic heterocycles. The number of anilines is 1. The van der Waals surface area contributed by atoms with Crippen LogP contribution in [0.3, 0.4) is 0 Å². The normalized spacial score (nSPS) is 10.2. The molecule has 0 spiro atoms. The van der Waals surface area contributed by atoms with Gasteiger partial charge in [0.25, 0.3) is 0 Å². The Morgan fingerprint density at radius 1 is 1.05 bits per heavy atom. The summed E-state index contributed by atoms with van der Waals surface area (Å²) >= 11 is 0. The van der Waals surface area contributed by atoms with Gasteiger partial charge in [0.15, 0.2) is 0 Å². The third-order valence-corrected chi connectivity index (χ3v) is 3.49. The van der Waals surface area contributed by atoms with E-state index < -0.39 is 0 Å². The molecule has 0 fully saturated rings. The van der Waals surface area contributed by atoms with Gasteiger partial charge < -0.3 is 9.64 Å². The molecule has 0 aliphatic rings. The number of hydrogen-bond acceptors (Lipinski definition) is 2. The van der Waals surface area contributed by atoms with Crippen LogP contribution in [0.2, 0.25) is 0 Å². The van der Waals surface area contributed by atoms with Crippen LogP contribution < -0.4 is 9.64 Å². The van der Waals surface area contributed by atoms with Gasteiger partial charge >= 0.3 is 0 Å². The van der Waals surface area contributed by atoms with Crippen molar-refractivity contribution in [2.24, 2.45) is 0 Å². The summed E-state index contributed by atoms with van der Waals surface area (Å²) in [5.74, 6) is 0.862. The first-order valence-electron chi connectivity index (χ1n) is 6.64. The highest BCUT2D eigenvalue weighted by Crippen LogP contribution is 2.28. The van der Waals surface area contributed by atoms with Crippen LogP contribution in [-0.4, -0.2) is 21.2 Å². The summed E-state index contributed by atoms with van der Waals surface area (Å²) in [6, 6.07) is 14.5. The second kappa shape index (κ2) is 5.83. The minimum atomic E-state index is 0.862. The van der Waals surface area contributed by atoms with E-state index in [2.05, 4.69) is 36.6 Å². The van der Waals surface area contributed by atoms with Gasteiger partial charge in [-0.05, 0) is 53.5 Å². The molecule has 0 saturated carbocycles. The summed E-state index contributed by atoms with van der Waals surface area (Å²) in [7, 11) is 5.77. The van der Waals surface area contributed by atoms with E-state index in [1.54, 1.807) is 7.11 Å². The van der Waals surface area contributed by atoms with Crippen molar-refractivity contribution in [3.8, 4) is 5.75 Å². The van der Waals surface area contributed by atoms with Gasteiger partial charge in [-0.1, -0.05) is 24.8 Å². The highest BCUT2D eigenvalue weighted by atomic mass is 16.5. The summed E-state index contributed by atoms with van der Waals surface area (Å²) in [5, 5.41) is 0. The number of methoxy groups -OCH3 is 1. The Balaban J connectivity index is 2.32. The van der Waals surface area contributed by atoms with E-state index in [-0.39, 0.29) is 0 Å². The molecular weight excluding hydrogens is 246 g/mol. The Labute approximate surface area is 121 Å². The van der Waals surface area contributed by atoms with Gasteiger partial charge in [-0.3, -0.25) is 0 Å². The minimum absolute atomic E-state index is 0.862. The van der Waals surface area contributed by atoms with Crippen LogP contribution in [0.4, 0.5) is 5.69 Å². The van der Waals surface area contributed by atoms with E-state index in [9.17, 15) is 0 Å². The Kier molecular flexibility index (Phi) is 4.14. The van der Waals surface area contributed by atoms with Crippen molar-refractivity contribution in [2.75, 3.05) is 26.1 Å². The molecule has 2 aromatic carbocycles. The molecule has 2 nitrogen and oxygen atoms in total. The van der Waals surface area contributed by atoms with Crippen molar-refractivity contribution < 1.29 is 4.74 Å². The zero-order chi connectivity index (χ0) is 14.7. The van der Waals surface area contributed by atoms with Crippen LogP contribution in [0.15, 0.2) is 49.0 Å². The molecule has 0 saturated heterocycles. The number of benzene rings is 2. The summed E-state index contributed by atoms with van der Waals surface area (Å²) in [6.45, 7) is 6.35. The van der Waals surface area contributed by atoms with Crippen LogP contribution >= 0.6 is 0 Å². The monoisotopic (exact) mass is 267 g/mol. The predicted octanol–water partition coefficient (Wildman–Crippen LogP) is 4.13. The highest BCUT2D eigenvalue weighted by Gasteiger charge is 2.07. The molecule has 2 rings (SSSR count). The zero-order valence-corrected chi connectivity index (χ0v) is 12.6. The maximum absolute atomic E-state index is 5.19. The van der Waals surface area contributed by atoms with Gasteiger partial charge in [0, 0.05) is 19.8 Å². The second-order valence-electron chi connectivity index (χ2n) is 5.10. The van der Waals surface area contributed by atoms with Crippen LogP contribution in [0.1, 0.15) is 16.7 Å². The molecule has 0 amide bonds. The van der Waals surface area contributed by atoms with Gasteiger partial charge in [0.05, 0.1) is 7.11 Å². The molecule has 0 heterocycles. The van der Waals surface area contributed by atoms with Crippen LogP contribution in [0.25, 0.3) is 5.57 Å². The number of ether oxygens (including phenoxy) is 1. The molecule has 0 bridgehead atoms. The van der Waals surface area contributed by atoms with Crippen molar-refractivity contribution in [3.05, 3.63) is 65.7 Å². The van der Waals surface area contributed by atoms with E-state index in [0.717, 1.165) is 16.9 Å². The lowest BCUT2D eigenvalue weighted by Crippen LogP contribution is -2.08. The highest BCUT2D eigenvalue weighted by molar-refractivity contribution is 5.80. The number of nitrogens with zero attached hydrogens (tertiary/aromatic N) is 1. The number of rotatable bonds is 4. The summed E-state index contributed by atoms with van der Waals surface area (Å²) < 4.78 is 5.19. The van der Waals surface area contributed by atoms with Crippen molar-refractivity contribution in [2.45, 2.75) is 6.92 Å². The largest absolute Gasteiger partial charge is 0.497 e. The molecule has 0 aromatic heterocycles. The lowest BCUT2D eigenvalue weighted by Gasteiger charge is -2.16. The first-order chi connectivity index (χ1) is 9.52. The summed E-state index contributed by atoms with van der Waals surface area (Å²) in [6.07, 6.45) is 0. The van der Waals surface area contributed by atoms with E-state index >= 15 is 0 Å². The van der Waals surface area contributed by atoms with Crippen LogP contribution in [0, 0.1) is 6.92 Å². The summed E-state index contributed by atoms with van der Waals surface area (Å²) in [4.78, 5) is 2.10. The molecule has 104 valence electrons. The Bertz CT molecular complexity index is 612. The van der Waals surface area contributed by atoms with Crippen molar-refractivity contribution >= 4 is 11.3 Å². The average molecular weight is 267 g/mol. The maximum atomic E-state index is 5.19. The van der Waals surface area contributed by atoms with Gasteiger partial charge in [-0.25, -0.2) is 0 Å².